The normalized spacial score (nSPS) is 30.0. The SMILES string of the molecule is CC(C)(C)C1CN(C(C)(C)C)CCC12OCCO2. The molecule has 18 heavy (non-hydrogen) atoms. The van der Waals surface area contributed by atoms with E-state index in [2.05, 4.69) is 46.4 Å². The van der Waals surface area contributed by atoms with Gasteiger partial charge >= 0.3 is 0 Å². The average Bonchev–Trinajstić information content (AvgIpc) is 2.64. The second-order valence-corrected chi connectivity index (χ2v) is 7.79. The first-order valence-electron chi connectivity index (χ1n) is 7.18. The van der Waals surface area contributed by atoms with E-state index in [1.165, 1.54) is 0 Å². The Morgan fingerprint density at radius 2 is 1.56 bits per heavy atom. The number of nitrogens with zero attached hydrogens (tertiary/aromatic N) is 1. The van der Waals surface area contributed by atoms with Crippen molar-refractivity contribution in [2.24, 2.45) is 11.3 Å². The minimum Gasteiger partial charge on any atom is -0.347 e. The lowest BCUT2D eigenvalue weighted by molar-refractivity contribution is -0.247. The van der Waals surface area contributed by atoms with Crippen molar-refractivity contribution >= 4 is 0 Å². The predicted molar refractivity (Wildman–Crippen MR) is 73.5 cm³/mol. The number of hydrogen-bond donors (Lipinski definition) is 0. The van der Waals surface area contributed by atoms with Gasteiger partial charge in [0.2, 0.25) is 0 Å². The van der Waals surface area contributed by atoms with E-state index >= 15 is 0 Å². The summed E-state index contributed by atoms with van der Waals surface area (Å²) in [6.45, 7) is 17.4. The minimum absolute atomic E-state index is 0.203. The molecule has 3 nitrogen and oxygen atoms in total. The van der Waals surface area contributed by atoms with Crippen LogP contribution in [0, 0.1) is 11.3 Å². The highest BCUT2D eigenvalue weighted by Crippen LogP contribution is 2.46. The molecule has 0 aromatic carbocycles. The molecule has 1 atom stereocenters. The molecule has 0 radical (unpaired) electrons. The van der Waals surface area contributed by atoms with Gasteiger partial charge in [0.05, 0.1) is 13.2 Å². The van der Waals surface area contributed by atoms with Gasteiger partial charge in [-0.3, -0.25) is 4.90 Å². The van der Waals surface area contributed by atoms with Crippen molar-refractivity contribution in [1.82, 2.24) is 4.90 Å². The maximum absolute atomic E-state index is 6.03. The van der Waals surface area contributed by atoms with Crippen LogP contribution in [-0.4, -0.2) is 42.5 Å². The fourth-order valence-electron chi connectivity index (χ4n) is 3.27. The summed E-state index contributed by atoms with van der Waals surface area (Å²) in [5.74, 6) is 0.112. The third-order valence-electron chi connectivity index (χ3n) is 4.43. The van der Waals surface area contributed by atoms with Crippen molar-refractivity contribution in [2.45, 2.75) is 59.3 Å². The van der Waals surface area contributed by atoms with Gasteiger partial charge in [-0.2, -0.15) is 0 Å². The lowest BCUT2D eigenvalue weighted by atomic mass is 9.71. The van der Waals surface area contributed by atoms with Gasteiger partial charge in [-0.15, -0.1) is 0 Å². The average molecular weight is 255 g/mol. The molecule has 1 unspecified atom stereocenters. The third-order valence-corrected chi connectivity index (χ3v) is 4.43. The zero-order chi connectivity index (χ0) is 13.6. The fourth-order valence-corrected chi connectivity index (χ4v) is 3.27. The first-order chi connectivity index (χ1) is 8.15. The van der Waals surface area contributed by atoms with Crippen LogP contribution in [0.1, 0.15) is 48.0 Å². The van der Waals surface area contributed by atoms with E-state index < -0.39 is 0 Å². The van der Waals surface area contributed by atoms with Crippen molar-refractivity contribution < 1.29 is 9.47 Å². The smallest absolute Gasteiger partial charge is 0.174 e. The Bertz CT molecular complexity index is 295. The maximum atomic E-state index is 6.03. The van der Waals surface area contributed by atoms with Crippen LogP contribution in [0.25, 0.3) is 0 Å². The van der Waals surface area contributed by atoms with E-state index in [4.69, 9.17) is 9.47 Å². The molecule has 2 rings (SSSR count). The molecule has 2 aliphatic rings. The highest BCUT2D eigenvalue weighted by molar-refractivity contribution is 4.98. The van der Waals surface area contributed by atoms with Gasteiger partial charge in [0.15, 0.2) is 5.79 Å². The summed E-state index contributed by atoms with van der Waals surface area (Å²) in [4.78, 5) is 2.57. The summed E-state index contributed by atoms with van der Waals surface area (Å²) < 4.78 is 12.1. The third kappa shape index (κ3) is 2.59. The summed E-state index contributed by atoms with van der Waals surface area (Å²) in [6, 6.07) is 0. The molecule has 2 heterocycles. The van der Waals surface area contributed by atoms with E-state index in [9.17, 15) is 0 Å². The second kappa shape index (κ2) is 4.46. The van der Waals surface area contributed by atoms with Gasteiger partial charge in [-0.05, 0) is 26.2 Å². The van der Waals surface area contributed by atoms with Crippen LogP contribution < -0.4 is 0 Å². The first kappa shape index (κ1) is 14.3. The number of rotatable bonds is 0. The van der Waals surface area contributed by atoms with E-state index in [1.54, 1.807) is 0 Å². The van der Waals surface area contributed by atoms with Gasteiger partial charge in [-0.1, -0.05) is 20.8 Å². The molecular weight excluding hydrogens is 226 g/mol. The second-order valence-electron chi connectivity index (χ2n) is 7.79. The van der Waals surface area contributed by atoms with Gasteiger partial charge in [0.25, 0.3) is 0 Å². The highest BCUT2D eigenvalue weighted by Gasteiger charge is 2.53. The lowest BCUT2D eigenvalue weighted by Crippen LogP contribution is -2.60. The van der Waals surface area contributed by atoms with Crippen molar-refractivity contribution in [3.05, 3.63) is 0 Å². The number of hydrogen-bond acceptors (Lipinski definition) is 3. The zero-order valence-electron chi connectivity index (χ0n) is 12.9. The molecule has 2 saturated heterocycles. The van der Waals surface area contributed by atoms with Crippen LogP contribution in [0.2, 0.25) is 0 Å². The molecular formula is C15H29NO2. The molecule has 2 fully saturated rings. The Balaban J connectivity index is 2.21. The Morgan fingerprint density at radius 3 is 2.00 bits per heavy atom. The van der Waals surface area contributed by atoms with Crippen LogP contribution in [0.15, 0.2) is 0 Å². The van der Waals surface area contributed by atoms with Crippen molar-refractivity contribution in [2.75, 3.05) is 26.3 Å². The van der Waals surface area contributed by atoms with Crippen molar-refractivity contribution in [1.29, 1.82) is 0 Å². The van der Waals surface area contributed by atoms with Gasteiger partial charge in [0, 0.05) is 31.0 Å². The summed E-state index contributed by atoms with van der Waals surface area (Å²) >= 11 is 0. The molecule has 0 aromatic heterocycles. The number of likely N-dealkylation sites (tertiary alicyclic amines) is 1. The number of ether oxygens (including phenoxy) is 2. The van der Waals surface area contributed by atoms with Crippen molar-refractivity contribution in [3.8, 4) is 0 Å². The van der Waals surface area contributed by atoms with Crippen molar-refractivity contribution in [3.63, 3.8) is 0 Å². The molecule has 0 N–H and O–H groups in total. The topological polar surface area (TPSA) is 21.7 Å². The van der Waals surface area contributed by atoms with Crippen LogP contribution in [0.4, 0.5) is 0 Å². The molecule has 0 bridgehead atoms. The minimum atomic E-state index is -0.319. The molecule has 106 valence electrons. The molecule has 1 spiro atoms. The standard InChI is InChI=1S/C15H29NO2/c1-13(2,3)12-11-16(14(4,5)6)8-7-15(12)17-9-10-18-15/h12H,7-11H2,1-6H3. The molecule has 0 saturated carbocycles. The summed E-state index contributed by atoms with van der Waals surface area (Å²) in [5.41, 5.74) is 0.429. The summed E-state index contributed by atoms with van der Waals surface area (Å²) in [5, 5.41) is 0. The Kier molecular flexibility index (Phi) is 3.54. The predicted octanol–water partition coefficient (Wildman–Crippen LogP) is 2.90. The first-order valence-corrected chi connectivity index (χ1v) is 7.18. The van der Waals surface area contributed by atoms with Crippen LogP contribution in [0.3, 0.4) is 0 Å². The molecule has 0 aromatic rings. The maximum Gasteiger partial charge on any atom is 0.174 e. The molecule has 0 amide bonds. The summed E-state index contributed by atoms with van der Waals surface area (Å²) in [6.07, 6.45) is 0.992. The molecule has 2 aliphatic heterocycles. The van der Waals surface area contributed by atoms with Gasteiger partial charge < -0.3 is 9.47 Å². The summed E-state index contributed by atoms with van der Waals surface area (Å²) in [7, 11) is 0. The number of piperidine rings is 1. The van der Waals surface area contributed by atoms with E-state index in [0.29, 0.717) is 5.92 Å². The Labute approximate surface area is 112 Å². The largest absolute Gasteiger partial charge is 0.347 e. The van der Waals surface area contributed by atoms with Gasteiger partial charge in [-0.25, -0.2) is 0 Å². The zero-order valence-corrected chi connectivity index (χ0v) is 12.9. The quantitative estimate of drug-likeness (QED) is 0.664. The van der Waals surface area contributed by atoms with Crippen LogP contribution in [0.5, 0.6) is 0 Å². The van der Waals surface area contributed by atoms with E-state index in [1.807, 2.05) is 0 Å². The lowest BCUT2D eigenvalue weighted by Gasteiger charge is -2.52. The fraction of sp³-hybridized carbons (Fsp3) is 1.00. The molecule has 3 heteroatoms. The monoisotopic (exact) mass is 255 g/mol. The van der Waals surface area contributed by atoms with Gasteiger partial charge in [0.1, 0.15) is 0 Å². The highest BCUT2D eigenvalue weighted by atomic mass is 16.7. The Morgan fingerprint density at radius 1 is 1.00 bits per heavy atom. The van der Waals surface area contributed by atoms with Crippen LogP contribution >= 0.6 is 0 Å². The van der Waals surface area contributed by atoms with Crippen LogP contribution in [-0.2, 0) is 9.47 Å². The van der Waals surface area contributed by atoms with E-state index in [0.717, 1.165) is 32.7 Å². The molecule has 0 aliphatic carbocycles. The van der Waals surface area contributed by atoms with E-state index in [-0.39, 0.29) is 16.7 Å². The Hall–Kier alpha value is -0.120.